The number of hydrogen-bond acceptors (Lipinski definition) is 3. The highest BCUT2D eigenvalue weighted by molar-refractivity contribution is 5.21. The van der Waals surface area contributed by atoms with Crippen LogP contribution in [0.5, 0.6) is 0 Å². The topological polar surface area (TPSA) is 41.3 Å². The van der Waals surface area contributed by atoms with Crippen molar-refractivity contribution in [2.24, 2.45) is 0 Å². The van der Waals surface area contributed by atoms with Gasteiger partial charge in [-0.1, -0.05) is 6.07 Å². The Balaban J connectivity index is 2.02. The van der Waals surface area contributed by atoms with Crippen molar-refractivity contribution in [1.82, 2.24) is 14.5 Å². The number of likely N-dealkylation sites (N-methyl/N-ethyl adjacent to an activating group) is 1. The summed E-state index contributed by atoms with van der Waals surface area (Å²) in [6.07, 6.45) is 1.20. The molecular formula is C14H15F4N3O. The highest BCUT2D eigenvalue weighted by Crippen LogP contribution is 2.20. The van der Waals surface area contributed by atoms with E-state index in [-0.39, 0.29) is 24.5 Å². The Hall–Kier alpha value is -1.93. The molecule has 1 aromatic heterocycles. The van der Waals surface area contributed by atoms with Gasteiger partial charge < -0.3 is 5.11 Å². The zero-order chi connectivity index (χ0) is 16.3. The van der Waals surface area contributed by atoms with Gasteiger partial charge in [-0.25, -0.2) is 13.8 Å². The lowest BCUT2D eigenvalue weighted by Gasteiger charge is -2.21. The molecule has 0 aliphatic rings. The van der Waals surface area contributed by atoms with Crippen molar-refractivity contribution < 1.29 is 22.7 Å². The first-order chi connectivity index (χ1) is 10.4. The summed E-state index contributed by atoms with van der Waals surface area (Å²) in [6.45, 7) is -2.67. The molecule has 0 bridgehead atoms. The molecule has 0 aliphatic heterocycles. The van der Waals surface area contributed by atoms with E-state index in [4.69, 9.17) is 0 Å². The van der Waals surface area contributed by atoms with Gasteiger partial charge in [0.05, 0.1) is 12.6 Å². The standard InChI is InChI=1S/C14H15F4N3O/c1-20(8-13-19-4-5-21(13)14(17)18)7-12(22)10-3-2-9(15)6-11(10)16/h2-6,12,14,22H,7-8H2,1H3. The van der Waals surface area contributed by atoms with E-state index >= 15 is 0 Å². The molecule has 2 aromatic rings. The van der Waals surface area contributed by atoms with Crippen LogP contribution < -0.4 is 0 Å². The summed E-state index contributed by atoms with van der Waals surface area (Å²) in [5, 5.41) is 9.99. The van der Waals surface area contributed by atoms with Crippen LogP contribution in [0.15, 0.2) is 30.6 Å². The summed E-state index contributed by atoms with van der Waals surface area (Å²) in [7, 11) is 1.58. The molecular weight excluding hydrogens is 302 g/mol. The number of alkyl halides is 2. The Morgan fingerprint density at radius 1 is 1.32 bits per heavy atom. The normalized spacial score (nSPS) is 13.1. The van der Waals surface area contributed by atoms with Crippen molar-refractivity contribution in [3.8, 4) is 0 Å². The molecule has 0 saturated heterocycles. The number of halogens is 4. The van der Waals surface area contributed by atoms with Gasteiger partial charge in [-0.3, -0.25) is 9.47 Å². The number of aromatic nitrogens is 2. The predicted molar refractivity (Wildman–Crippen MR) is 71.1 cm³/mol. The molecule has 8 heteroatoms. The number of rotatable bonds is 6. The lowest BCUT2D eigenvalue weighted by molar-refractivity contribution is 0.0623. The second-order valence-corrected chi connectivity index (χ2v) is 4.91. The molecule has 1 aromatic carbocycles. The maximum absolute atomic E-state index is 13.6. The molecule has 2 rings (SSSR count). The van der Waals surface area contributed by atoms with E-state index in [0.717, 1.165) is 18.3 Å². The molecule has 1 unspecified atom stereocenters. The van der Waals surface area contributed by atoms with Crippen molar-refractivity contribution >= 4 is 0 Å². The third-order valence-electron chi connectivity index (χ3n) is 3.18. The number of nitrogens with zero attached hydrogens (tertiary/aromatic N) is 3. The van der Waals surface area contributed by atoms with Gasteiger partial charge in [-0.2, -0.15) is 8.78 Å². The Bertz CT molecular complexity index is 632. The quantitative estimate of drug-likeness (QED) is 0.833. The highest BCUT2D eigenvalue weighted by atomic mass is 19.3. The molecule has 0 saturated carbocycles. The van der Waals surface area contributed by atoms with Gasteiger partial charge in [0.15, 0.2) is 0 Å². The number of aliphatic hydroxyl groups is 1. The largest absolute Gasteiger partial charge is 0.387 e. The molecule has 0 spiro atoms. The Morgan fingerprint density at radius 3 is 2.68 bits per heavy atom. The molecule has 4 nitrogen and oxygen atoms in total. The van der Waals surface area contributed by atoms with Crippen LogP contribution in [0.4, 0.5) is 17.6 Å². The fourth-order valence-electron chi connectivity index (χ4n) is 2.12. The molecule has 1 N–H and O–H groups in total. The third-order valence-corrected chi connectivity index (χ3v) is 3.18. The van der Waals surface area contributed by atoms with E-state index in [2.05, 4.69) is 4.98 Å². The summed E-state index contributed by atoms with van der Waals surface area (Å²) in [5.41, 5.74) is -0.0505. The first kappa shape index (κ1) is 16.4. The highest BCUT2D eigenvalue weighted by Gasteiger charge is 2.18. The van der Waals surface area contributed by atoms with E-state index in [1.54, 1.807) is 7.05 Å². The van der Waals surface area contributed by atoms with Gasteiger partial charge in [0.25, 0.3) is 0 Å². The number of hydrogen-bond donors (Lipinski definition) is 1. The zero-order valence-electron chi connectivity index (χ0n) is 11.8. The second-order valence-electron chi connectivity index (χ2n) is 4.91. The first-order valence-corrected chi connectivity index (χ1v) is 6.50. The lowest BCUT2D eigenvalue weighted by atomic mass is 10.1. The van der Waals surface area contributed by atoms with Gasteiger partial charge >= 0.3 is 6.55 Å². The minimum Gasteiger partial charge on any atom is -0.387 e. The van der Waals surface area contributed by atoms with Crippen LogP contribution in [0.25, 0.3) is 0 Å². The lowest BCUT2D eigenvalue weighted by Crippen LogP contribution is -2.26. The van der Waals surface area contributed by atoms with Crippen LogP contribution in [0.2, 0.25) is 0 Å². The number of benzene rings is 1. The van der Waals surface area contributed by atoms with Crippen molar-refractivity contribution in [2.75, 3.05) is 13.6 Å². The fraction of sp³-hybridized carbons (Fsp3) is 0.357. The van der Waals surface area contributed by atoms with Crippen LogP contribution >= 0.6 is 0 Å². The van der Waals surface area contributed by atoms with Gasteiger partial charge in [0, 0.05) is 30.6 Å². The zero-order valence-corrected chi connectivity index (χ0v) is 11.8. The van der Waals surface area contributed by atoms with E-state index in [9.17, 15) is 22.7 Å². The second kappa shape index (κ2) is 6.89. The van der Waals surface area contributed by atoms with Crippen LogP contribution in [0.1, 0.15) is 24.0 Å². The van der Waals surface area contributed by atoms with Crippen LogP contribution in [0.3, 0.4) is 0 Å². The van der Waals surface area contributed by atoms with Gasteiger partial charge in [0.1, 0.15) is 17.5 Å². The first-order valence-electron chi connectivity index (χ1n) is 6.50. The van der Waals surface area contributed by atoms with Gasteiger partial charge in [-0.15, -0.1) is 0 Å². The Labute approximate surface area is 124 Å². The van der Waals surface area contributed by atoms with E-state index < -0.39 is 24.3 Å². The van der Waals surface area contributed by atoms with Gasteiger partial charge in [0.2, 0.25) is 0 Å². The van der Waals surface area contributed by atoms with Crippen LogP contribution in [0, 0.1) is 11.6 Å². The molecule has 0 radical (unpaired) electrons. The maximum Gasteiger partial charge on any atom is 0.319 e. The fourth-order valence-corrected chi connectivity index (χ4v) is 2.12. The minimum atomic E-state index is -2.70. The summed E-state index contributed by atoms with van der Waals surface area (Å²) >= 11 is 0. The summed E-state index contributed by atoms with van der Waals surface area (Å²) in [4.78, 5) is 5.35. The minimum absolute atomic E-state index is 0.0152. The SMILES string of the molecule is CN(Cc1nccn1C(F)F)CC(O)c1ccc(F)cc1F. The van der Waals surface area contributed by atoms with E-state index in [1.165, 1.54) is 11.1 Å². The smallest absolute Gasteiger partial charge is 0.319 e. The predicted octanol–water partition coefficient (Wildman–Crippen LogP) is 2.72. The maximum atomic E-state index is 13.6. The van der Waals surface area contributed by atoms with Crippen molar-refractivity contribution in [3.05, 3.63) is 53.6 Å². The molecule has 0 amide bonds. The Morgan fingerprint density at radius 2 is 2.05 bits per heavy atom. The number of aliphatic hydroxyl groups excluding tert-OH is 1. The number of imidazole rings is 1. The van der Waals surface area contributed by atoms with E-state index in [1.807, 2.05) is 0 Å². The van der Waals surface area contributed by atoms with Crippen LogP contribution in [-0.2, 0) is 6.54 Å². The summed E-state index contributed by atoms with van der Waals surface area (Å²) < 4.78 is 52.5. The molecule has 0 fully saturated rings. The van der Waals surface area contributed by atoms with Crippen molar-refractivity contribution in [2.45, 2.75) is 19.2 Å². The average molecular weight is 317 g/mol. The van der Waals surface area contributed by atoms with Crippen molar-refractivity contribution in [1.29, 1.82) is 0 Å². The molecule has 1 atom stereocenters. The monoisotopic (exact) mass is 317 g/mol. The Kier molecular flexibility index (Phi) is 5.15. The van der Waals surface area contributed by atoms with E-state index in [0.29, 0.717) is 10.6 Å². The van der Waals surface area contributed by atoms with Gasteiger partial charge in [-0.05, 0) is 13.1 Å². The third kappa shape index (κ3) is 3.83. The summed E-state index contributed by atoms with van der Waals surface area (Å²) in [5.74, 6) is -1.46. The molecule has 1 heterocycles. The molecule has 120 valence electrons. The van der Waals surface area contributed by atoms with Crippen LogP contribution in [-0.4, -0.2) is 33.1 Å². The molecule has 0 aliphatic carbocycles. The molecule has 22 heavy (non-hydrogen) atoms. The summed E-state index contributed by atoms with van der Waals surface area (Å²) in [6, 6.07) is 2.89. The van der Waals surface area contributed by atoms with Crippen molar-refractivity contribution in [3.63, 3.8) is 0 Å². The average Bonchev–Trinajstić information content (AvgIpc) is 2.86.